The van der Waals surface area contributed by atoms with E-state index in [-0.39, 0.29) is 22.7 Å². The van der Waals surface area contributed by atoms with Gasteiger partial charge in [-0.3, -0.25) is 14.9 Å². The zero-order chi connectivity index (χ0) is 15.1. The van der Waals surface area contributed by atoms with Gasteiger partial charge in [0, 0.05) is 13.1 Å². The third-order valence-electron chi connectivity index (χ3n) is 3.61. The number of hydrogen-bond acceptors (Lipinski definition) is 4. The van der Waals surface area contributed by atoms with Gasteiger partial charge in [-0.25, -0.2) is 4.39 Å². The number of nitro groups is 1. The molecule has 6 nitrogen and oxygen atoms in total. The van der Waals surface area contributed by atoms with Crippen LogP contribution < -0.4 is 10.6 Å². The van der Waals surface area contributed by atoms with Gasteiger partial charge in [-0.05, 0) is 17.9 Å². The summed E-state index contributed by atoms with van der Waals surface area (Å²) in [5.74, 6) is -1.31. The van der Waals surface area contributed by atoms with Crippen molar-refractivity contribution in [3.63, 3.8) is 0 Å². The molecule has 7 heteroatoms. The number of carbonyl (C=O) groups excluding carboxylic acids is 1. The summed E-state index contributed by atoms with van der Waals surface area (Å²) in [6, 6.07) is 1.93. The summed E-state index contributed by atoms with van der Waals surface area (Å²) in [6.07, 6.45) is 0.826. The molecule has 0 spiro atoms. The van der Waals surface area contributed by atoms with Gasteiger partial charge in [-0.1, -0.05) is 13.8 Å². The third-order valence-corrected chi connectivity index (χ3v) is 3.61. The number of nitrogens with zero attached hydrogens (tertiary/aromatic N) is 1. The maximum absolute atomic E-state index is 13.6. The quantitative estimate of drug-likeness (QED) is 0.655. The van der Waals surface area contributed by atoms with Gasteiger partial charge in [-0.2, -0.15) is 0 Å². The van der Waals surface area contributed by atoms with Gasteiger partial charge in [-0.15, -0.1) is 0 Å². The van der Waals surface area contributed by atoms with E-state index in [1.54, 1.807) is 0 Å². The van der Waals surface area contributed by atoms with Crippen LogP contribution in [0.15, 0.2) is 12.1 Å². The standard InChI is InChI=1S/C13H16FN3O3/c1-13(2)6-11(13)16-12(18)7-4-9(15-3)8(14)5-10(7)17(19)20/h4-5,11,15H,6H2,1-3H3,(H,16,18). The number of hydrogen-bond donors (Lipinski definition) is 2. The van der Waals surface area contributed by atoms with Crippen LogP contribution >= 0.6 is 0 Å². The molecule has 0 saturated heterocycles. The molecule has 2 rings (SSSR count). The molecular weight excluding hydrogens is 265 g/mol. The number of nitrogens with one attached hydrogen (secondary N) is 2. The van der Waals surface area contributed by atoms with Crippen molar-refractivity contribution >= 4 is 17.3 Å². The predicted octanol–water partition coefficient (Wildman–Crippen LogP) is 2.30. The molecule has 0 heterocycles. The van der Waals surface area contributed by atoms with Crippen molar-refractivity contribution in [2.45, 2.75) is 26.3 Å². The van der Waals surface area contributed by atoms with Crippen LogP contribution in [0.3, 0.4) is 0 Å². The van der Waals surface area contributed by atoms with E-state index in [4.69, 9.17) is 0 Å². The highest BCUT2D eigenvalue weighted by molar-refractivity contribution is 5.99. The minimum Gasteiger partial charge on any atom is -0.386 e. The van der Waals surface area contributed by atoms with Crippen LogP contribution in [0.5, 0.6) is 0 Å². The molecule has 0 bridgehead atoms. The Labute approximate surface area is 115 Å². The number of anilines is 1. The topological polar surface area (TPSA) is 84.3 Å². The molecular formula is C13H16FN3O3. The van der Waals surface area contributed by atoms with E-state index in [2.05, 4.69) is 10.6 Å². The lowest BCUT2D eigenvalue weighted by molar-refractivity contribution is -0.385. The average molecular weight is 281 g/mol. The minimum absolute atomic E-state index is 0.00214. The normalized spacial score (nSPS) is 19.3. The fourth-order valence-electron chi connectivity index (χ4n) is 2.04. The summed E-state index contributed by atoms with van der Waals surface area (Å²) in [5, 5.41) is 16.2. The first kappa shape index (κ1) is 14.2. The molecule has 2 N–H and O–H groups in total. The van der Waals surface area contributed by atoms with Crippen LogP contribution in [0, 0.1) is 21.3 Å². The highest BCUT2D eigenvalue weighted by Gasteiger charge is 2.47. The Morgan fingerprint density at radius 1 is 1.50 bits per heavy atom. The van der Waals surface area contributed by atoms with Crippen molar-refractivity contribution in [3.8, 4) is 0 Å². The van der Waals surface area contributed by atoms with Gasteiger partial charge in [0.25, 0.3) is 11.6 Å². The molecule has 0 radical (unpaired) electrons. The van der Waals surface area contributed by atoms with Crippen molar-refractivity contribution in [1.82, 2.24) is 5.32 Å². The average Bonchev–Trinajstić information content (AvgIpc) is 2.95. The van der Waals surface area contributed by atoms with Gasteiger partial charge in [0.1, 0.15) is 5.56 Å². The molecule has 1 aliphatic rings. The van der Waals surface area contributed by atoms with Crippen LogP contribution in [0.2, 0.25) is 0 Å². The highest BCUT2D eigenvalue weighted by atomic mass is 19.1. The van der Waals surface area contributed by atoms with Crippen LogP contribution in [0.25, 0.3) is 0 Å². The van der Waals surface area contributed by atoms with Crippen molar-refractivity contribution in [2.24, 2.45) is 5.41 Å². The van der Waals surface area contributed by atoms with Gasteiger partial charge in [0.15, 0.2) is 5.82 Å². The summed E-state index contributed by atoms with van der Waals surface area (Å²) in [4.78, 5) is 22.3. The Hall–Kier alpha value is -2.18. The zero-order valence-corrected chi connectivity index (χ0v) is 11.5. The van der Waals surface area contributed by atoms with Crippen LogP contribution in [-0.4, -0.2) is 23.9 Å². The first-order valence-corrected chi connectivity index (χ1v) is 6.23. The number of carbonyl (C=O) groups is 1. The lowest BCUT2D eigenvalue weighted by atomic mass is 10.1. The fourth-order valence-corrected chi connectivity index (χ4v) is 2.04. The molecule has 1 amide bonds. The Morgan fingerprint density at radius 3 is 2.55 bits per heavy atom. The zero-order valence-electron chi connectivity index (χ0n) is 11.5. The molecule has 1 aliphatic carbocycles. The van der Waals surface area contributed by atoms with Gasteiger partial charge in [0.2, 0.25) is 0 Å². The number of halogens is 1. The van der Waals surface area contributed by atoms with Crippen LogP contribution in [0.4, 0.5) is 15.8 Å². The van der Waals surface area contributed by atoms with Crippen molar-refractivity contribution < 1.29 is 14.1 Å². The molecule has 1 saturated carbocycles. The maximum atomic E-state index is 13.6. The van der Waals surface area contributed by atoms with Crippen molar-refractivity contribution in [3.05, 3.63) is 33.6 Å². The molecule has 1 aromatic rings. The smallest absolute Gasteiger partial charge is 0.285 e. The van der Waals surface area contributed by atoms with E-state index in [1.807, 2.05) is 13.8 Å². The largest absolute Gasteiger partial charge is 0.386 e. The van der Waals surface area contributed by atoms with E-state index in [9.17, 15) is 19.3 Å². The third kappa shape index (κ3) is 2.56. The minimum atomic E-state index is -0.762. The first-order chi connectivity index (χ1) is 9.26. The monoisotopic (exact) mass is 281 g/mol. The van der Waals surface area contributed by atoms with Gasteiger partial charge >= 0.3 is 0 Å². The van der Waals surface area contributed by atoms with E-state index in [1.165, 1.54) is 7.05 Å². The first-order valence-electron chi connectivity index (χ1n) is 6.23. The molecule has 20 heavy (non-hydrogen) atoms. The second-order valence-electron chi connectivity index (χ2n) is 5.58. The van der Waals surface area contributed by atoms with Crippen LogP contribution in [-0.2, 0) is 0 Å². The SMILES string of the molecule is CNc1cc(C(=O)NC2CC2(C)C)c([N+](=O)[O-])cc1F. The number of nitro benzene ring substituents is 1. The van der Waals surface area contributed by atoms with Crippen LogP contribution in [0.1, 0.15) is 30.6 Å². The molecule has 0 aromatic heterocycles. The van der Waals surface area contributed by atoms with E-state index in [0.717, 1.165) is 18.6 Å². The summed E-state index contributed by atoms with van der Waals surface area (Å²) in [7, 11) is 1.48. The number of rotatable bonds is 4. The molecule has 1 unspecified atom stereocenters. The summed E-state index contributed by atoms with van der Waals surface area (Å²) >= 11 is 0. The Kier molecular flexibility index (Phi) is 3.37. The molecule has 108 valence electrons. The fraction of sp³-hybridized carbons (Fsp3) is 0.462. The maximum Gasteiger partial charge on any atom is 0.285 e. The van der Waals surface area contributed by atoms with Crippen molar-refractivity contribution in [1.29, 1.82) is 0 Å². The van der Waals surface area contributed by atoms with E-state index < -0.39 is 22.3 Å². The second-order valence-corrected chi connectivity index (χ2v) is 5.58. The second kappa shape index (κ2) is 4.73. The van der Waals surface area contributed by atoms with Crippen molar-refractivity contribution in [2.75, 3.05) is 12.4 Å². The lowest BCUT2D eigenvalue weighted by Crippen LogP contribution is -2.29. The Bertz CT molecular complexity index is 586. The molecule has 1 atom stereocenters. The summed E-state index contributed by atoms with van der Waals surface area (Å²) in [5.41, 5.74) is -0.604. The van der Waals surface area contributed by atoms with E-state index in [0.29, 0.717) is 0 Å². The summed E-state index contributed by atoms with van der Waals surface area (Å²) in [6.45, 7) is 3.99. The Balaban J connectivity index is 2.33. The molecule has 0 aliphatic heterocycles. The number of amides is 1. The molecule has 1 aromatic carbocycles. The highest BCUT2D eigenvalue weighted by Crippen LogP contribution is 2.44. The van der Waals surface area contributed by atoms with Gasteiger partial charge < -0.3 is 10.6 Å². The predicted molar refractivity (Wildman–Crippen MR) is 72.3 cm³/mol. The number of benzene rings is 1. The molecule has 1 fully saturated rings. The lowest BCUT2D eigenvalue weighted by Gasteiger charge is -2.09. The van der Waals surface area contributed by atoms with E-state index >= 15 is 0 Å². The Morgan fingerprint density at radius 2 is 2.10 bits per heavy atom. The summed E-state index contributed by atoms with van der Waals surface area (Å²) < 4.78 is 13.6. The van der Waals surface area contributed by atoms with Gasteiger partial charge in [0.05, 0.1) is 16.7 Å².